The number of aromatic nitrogens is 2. The molecule has 0 fully saturated rings. The first-order valence-corrected chi connectivity index (χ1v) is 9.02. The molecule has 4 aromatic rings. The molecule has 2 aromatic carbocycles. The van der Waals surface area contributed by atoms with E-state index in [9.17, 15) is 0 Å². The Bertz CT molecular complexity index is 820. The van der Waals surface area contributed by atoms with Crippen molar-refractivity contribution >= 4 is 22.7 Å². The van der Waals surface area contributed by atoms with Gasteiger partial charge in [0.25, 0.3) is 0 Å². The molecular weight excluding hydrogens is 320 g/mol. The first kappa shape index (κ1) is 14.3. The van der Waals surface area contributed by atoms with Crippen LogP contribution in [0.25, 0.3) is 20.9 Å². The fourth-order valence-corrected chi connectivity index (χ4v) is 4.33. The van der Waals surface area contributed by atoms with E-state index in [1.54, 1.807) is 22.7 Å². The van der Waals surface area contributed by atoms with Crippen molar-refractivity contribution in [1.82, 2.24) is 9.97 Å². The molecule has 0 saturated carbocycles. The highest BCUT2D eigenvalue weighted by atomic mass is 32.1. The smallest absolute Gasteiger partial charge is 0.0999 e. The third-order valence-electron chi connectivity index (χ3n) is 3.53. The van der Waals surface area contributed by atoms with Gasteiger partial charge < -0.3 is 0 Å². The normalized spacial score (nSPS) is 10.8. The standard InChI is InChI=1S/C19H14N2S2/c1-3-7-14(8-4-1)16-12-20-18(22-16)11-19-21-13-17(23-19)15-9-5-2-6-10-15/h1-10,12-13H,11H2. The Morgan fingerprint density at radius 1 is 0.609 bits per heavy atom. The van der Waals surface area contributed by atoms with Crippen LogP contribution in [0.15, 0.2) is 73.1 Å². The lowest BCUT2D eigenvalue weighted by Gasteiger charge is -1.94. The van der Waals surface area contributed by atoms with Crippen molar-refractivity contribution in [2.24, 2.45) is 0 Å². The van der Waals surface area contributed by atoms with Crippen LogP contribution in [0, 0.1) is 0 Å². The summed E-state index contributed by atoms with van der Waals surface area (Å²) in [5.74, 6) is 0. The number of rotatable bonds is 4. The van der Waals surface area contributed by atoms with E-state index in [-0.39, 0.29) is 0 Å². The van der Waals surface area contributed by atoms with Crippen LogP contribution in [-0.2, 0) is 6.42 Å². The minimum atomic E-state index is 0.801. The van der Waals surface area contributed by atoms with Gasteiger partial charge in [0.05, 0.1) is 26.2 Å². The molecule has 2 heterocycles. The molecule has 23 heavy (non-hydrogen) atoms. The summed E-state index contributed by atoms with van der Waals surface area (Å²) in [7, 11) is 0. The van der Waals surface area contributed by atoms with Crippen LogP contribution in [0.4, 0.5) is 0 Å². The summed E-state index contributed by atoms with van der Waals surface area (Å²) in [6.07, 6.45) is 4.72. The first-order valence-electron chi connectivity index (χ1n) is 7.39. The second kappa shape index (κ2) is 6.44. The van der Waals surface area contributed by atoms with Crippen LogP contribution in [0.2, 0.25) is 0 Å². The summed E-state index contributed by atoms with van der Waals surface area (Å²) in [5, 5.41) is 2.22. The van der Waals surface area contributed by atoms with Crippen LogP contribution < -0.4 is 0 Å². The summed E-state index contributed by atoms with van der Waals surface area (Å²) in [6, 6.07) is 20.8. The number of benzene rings is 2. The van der Waals surface area contributed by atoms with Crippen molar-refractivity contribution in [3.63, 3.8) is 0 Å². The predicted octanol–water partition coefficient (Wildman–Crippen LogP) is 5.52. The lowest BCUT2D eigenvalue weighted by atomic mass is 10.2. The molecule has 0 amide bonds. The van der Waals surface area contributed by atoms with Gasteiger partial charge in [-0.3, -0.25) is 0 Å². The van der Waals surface area contributed by atoms with Gasteiger partial charge in [0, 0.05) is 12.4 Å². The third-order valence-corrected chi connectivity index (χ3v) is 5.62. The molecule has 2 nitrogen and oxygen atoms in total. The summed E-state index contributed by atoms with van der Waals surface area (Å²) in [6.45, 7) is 0. The van der Waals surface area contributed by atoms with E-state index in [4.69, 9.17) is 0 Å². The Hall–Kier alpha value is -2.30. The molecule has 2 aromatic heterocycles. The molecular formula is C19H14N2S2. The maximum absolute atomic E-state index is 4.56. The number of thiazole rings is 2. The molecule has 0 N–H and O–H groups in total. The quantitative estimate of drug-likeness (QED) is 0.491. The molecule has 0 aliphatic carbocycles. The Morgan fingerprint density at radius 2 is 1.04 bits per heavy atom. The van der Waals surface area contributed by atoms with E-state index >= 15 is 0 Å². The number of hydrogen-bond acceptors (Lipinski definition) is 4. The van der Waals surface area contributed by atoms with Gasteiger partial charge in [-0.2, -0.15) is 0 Å². The summed E-state index contributed by atoms with van der Waals surface area (Å²) in [4.78, 5) is 11.5. The Morgan fingerprint density at radius 3 is 1.48 bits per heavy atom. The molecule has 4 rings (SSSR count). The van der Waals surface area contributed by atoms with E-state index in [1.165, 1.54) is 20.9 Å². The molecule has 0 aliphatic heterocycles. The Balaban J connectivity index is 1.53. The fourth-order valence-electron chi connectivity index (χ4n) is 2.39. The minimum Gasteiger partial charge on any atom is -0.249 e. The van der Waals surface area contributed by atoms with Crippen molar-refractivity contribution in [3.05, 3.63) is 83.1 Å². The zero-order valence-electron chi connectivity index (χ0n) is 12.3. The zero-order chi connectivity index (χ0) is 15.5. The van der Waals surface area contributed by atoms with Crippen molar-refractivity contribution in [2.45, 2.75) is 6.42 Å². The topological polar surface area (TPSA) is 25.8 Å². The highest BCUT2D eigenvalue weighted by molar-refractivity contribution is 7.16. The summed E-state index contributed by atoms with van der Waals surface area (Å²) < 4.78 is 0. The average Bonchev–Trinajstić information content (AvgIpc) is 3.27. The van der Waals surface area contributed by atoms with Gasteiger partial charge in [0.15, 0.2) is 0 Å². The second-order valence-corrected chi connectivity index (χ2v) is 7.38. The van der Waals surface area contributed by atoms with Gasteiger partial charge in [-0.1, -0.05) is 60.7 Å². The van der Waals surface area contributed by atoms with Gasteiger partial charge in [-0.05, 0) is 11.1 Å². The summed E-state index contributed by atoms with van der Waals surface area (Å²) in [5.41, 5.74) is 2.45. The predicted molar refractivity (Wildman–Crippen MR) is 97.9 cm³/mol. The largest absolute Gasteiger partial charge is 0.249 e. The maximum atomic E-state index is 4.56. The van der Waals surface area contributed by atoms with Gasteiger partial charge in [-0.15, -0.1) is 22.7 Å². The average molecular weight is 334 g/mol. The molecule has 4 heteroatoms. The lowest BCUT2D eigenvalue weighted by Crippen LogP contribution is -1.83. The van der Waals surface area contributed by atoms with Crippen molar-refractivity contribution < 1.29 is 0 Å². The molecule has 112 valence electrons. The van der Waals surface area contributed by atoms with Crippen LogP contribution in [0.5, 0.6) is 0 Å². The van der Waals surface area contributed by atoms with Gasteiger partial charge in [-0.25, -0.2) is 9.97 Å². The molecule has 0 radical (unpaired) electrons. The highest BCUT2D eigenvalue weighted by Crippen LogP contribution is 2.30. The lowest BCUT2D eigenvalue weighted by molar-refractivity contribution is 1.10. The third kappa shape index (κ3) is 3.23. The SMILES string of the molecule is c1ccc(-c2cnc(Cc3ncc(-c4ccccc4)s3)s2)cc1. The van der Waals surface area contributed by atoms with Crippen molar-refractivity contribution in [3.8, 4) is 20.9 Å². The molecule has 0 unspecified atom stereocenters. The minimum absolute atomic E-state index is 0.801. The first-order chi connectivity index (χ1) is 11.4. The molecule has 0 atom stereocenters. The molecule has 0 bridgehead atoms. The van der Waals surface area contributed by atoms with E-state index in [0.717, 1.165) is 16.4 Å². The highest BCUT2D eigenvalue weighted by Gasteiger charge is 2.09. The molecule has 0 aliphatic rings. The van der Waals surface area contributed by atoms with Crippen LogP contribution in [0.1, 0.15) is 10.0 Å². The second-order valence-electron chi connectivity index (χ2n) is 5.15. The summed E-state index contributed by atoms with van der Waals surface area (Å²) >= 11 is 3.48. The Kier molecular flexibility index (Phi) is 4.01. The Labute approximate surface area is 143 Å². The fraction of sp³-hybridized carbons (Fsp3) is 0.0526. The zero-order valence-corrected chi connectivity index (χ0v) is 14.0. The molecule has 0 spiro atoms. The van der Waals surface area contributed by atoms with Gasteiger partial charge in [0.2, 0.25) is 0 Å². The molecule has 0 saturated heterocycles. The number of hydrogen-bond donors (Lipinski definition) is 0. The van der Waals surface area contributed by atoms with E-state index in [1.807, 2.05) is 24.5 Å². The monoisotopic (exact) mass is 334 g/mol. The van der Waals surface area contributed by atoms with Crippen LogP contribution >= 0.6 is 22.7 Å². The maximum Gasteiger partial charge on any atom is 0.0999 e. The van der Waals surface area contributed by atoms with Gasteiger partial charge in [0.1, 0.15) is 0 Å². The van der Waals surface area contributed by atoms with E-state index < -0.39 is 0 Å². The van der Waals surface area contributed by atoms with E-state index in [2.05, 4.69) is 58.5 Å². The number of nitrogens with zero attached hydrogens (tertiary/aromatic N) is 2. The van der Waals surface area contributed by atoms with Gasteiger partial charge >= 0.3 is 0 Å². The van der Waals surface area contributed by atoms with E-state index in [0.29, 0.717) is 0 Å². The van der Waals surface area contributed by atoms with Crippen molar-refractivity contribution in [2.75, 3.05) is 0 Å². The van der Waals surface area contributed by atoms with Crippen molar-refractivity contribution in [1.29, 1.82) is 0 Å². The van der Waals surface area contributed by atoms with Crippen LogP contribution in [0.3, 0.4) is 0 Å². The van der Waals surface area contributed by atoms with Crippen LogP contribution in [-0.4, -0.2) is 9.97 Å².